The normalized spacial score (nSPS) is 16.8. The number of hydrogen-bond acceptors (Lipinski definition) is 5. The van der Waals surface area contributed by atoms with Crippen molar-refractivity contribution in [2.24, 2.45) is 5.92 Å². The van der Waals surface area contributed by atoms with Crippen LogP contribution in [-0.2, 0) is 4.79 Å². The first kappa shape index (κ1) is 20.0. The fourth-order valence-corrected chi connectivity index (χ4v) is 5.10. The van der Waals surface area contributed by atoms with E-state index in [-0.39, 0.29) is 5.91 Å². The minimum Gasteiger partial charge on any atom is -0.342 e. The summed E-state index contributed by atoms with van der Waals surface area (Å²) in [7, 11) is 0. The quantitative estimate of drug-likeness (QED) is 0.442. The summed E-state index contributed by atoms with van der Waals surface area (Å²) in [5, 5.41) is 10.6. The van der Waals surface area contributed by atoms with E-state index in [4.69, 9.17) is 4.98 Å². The van der Waals surface area contributed by atoms with Crippen molar-refractivity contribution in [3.8, 4) is 11.4 Å². The number of thioether (sulfide) groups is 1. The van der Waals surface area contributed by atoms with Crippen molar-refractivity contribution in [2.45, 2.75) is 31.8 Å². The summed E-state index contributed by atoms with van der Waals surface area (Å²) in [6.07, 6.45) is 2.28. The molecule has 7 heteroatoms. The van der Waals surface area contributed by atoms with Crippen LogP contribution in [0.3, 0.4) is 0 Å². The zero-order valence-electron chi connectivity index (χ0n) is 17.8. The molecule has 0 spiro atoms. The van der Waals surface area contributed by atoms with Crippen LogP contribution in [0.5, 0.6) is 0 Å². The highest BCUT2D eigenvalue weighted by molar-refractivity contribution is 7.99. The van der Waals surface area contributed by atoms with E-state index in [9.17, 15) is 4.79 Å². The van der Waals surface area contributed by atoms with E-state index in [1.54, 1.807) is 0 Å². The van der Waals surface area contributed by atoms with Crippen molar-refractivity contribution in [1.82, 2.24) is 24.5 Å². The van der Waals surface area contributed by atoms with Gasteiger partial charge in [0.25, 0.3) is 0 Å². The van der Waals surface area contributed by atoms with E-state index < -0.39 is 0 Å². The third kappa shape index (κ3) is 3.90. The van der Waals surface area contributed by atoms with Gasteiger partial charge in [0.2, 0.25) is 5.91 Å². The number of piperidine rings is 1. The Morgan fingerprint density at radius 1 is 1.16 bits per heavy atom. The molecule has 2 aromatic carbocycles. The van der Waals surface area contributed by atoms with Crippen LogP contribution in [0, 0.1) is 12.8 Å². The molecular weight excluding hydrogens is 406 g/mol. The molecule has 2 aromatic heterocycles. The average molecular weight is 432 g/mol. The Hall–Kier alpha value is -2.93. The van der Waals surface area contributed by atoms with Crippen LogP contribution in [0.4, 0.5) is 0 Å². The number of nitrogens with zero attached hydrogens (tertiary/aromatic N) is 5. The molecule has 0 bridgehead atoms. The minimum atomic E-state index is 0.166. The second-order valence-electron chi connectivity index (χ2n) is 8.34. The summed E-state index contributed by atoms with van der Waals surface area (Å²) in [4.78, 5) is 19.8. The number of carbonyl (C=O) groups excluding carboxylic acids is 1. The number of benzene rings is 2. The number of likely N-dealkylation sites (tertiary alicyclic amines) is 1. The Morgan fingerprint density at radius 3 is 2.87 bits per heavy atom. The maximum Gasteiger partial charge on any atom is 0.233 e. The van der Waals surface area contributed by atoms with Crippen molar-refractivity contribution < 1.29 is 4.79 Å². The first-order valence-electron chi connectivity index (χ1n) is 10.7. The molecule has 1 atom stereocenters. The Labute approximate surface area is 185 Å². The lowest BCUT2D eigenvalue weighted by Crippen LogP contribution is -2.40. The highest BCUT2D eigenvalue weighted by Crippen LogP contribution is 2.29. The molecule has 1 aliphatic rings. The first-order chi connectivity index (χ1) is 15.1. The lowest BCUT2D eigenvalue weighted by atomic mass is 10.0. The van der Waals surface area contributed by atoms with E-state index in [0.717, 1.165) is 53.0 Å². The molecule has 4 aromatic rings. The van der Waals surface area contributed by atoms with E-state index >= 15 is 0 Å². The predicted octanol–water partition coefficient (Wildman–Crippen LogP) is 4.60. The van der Waals surface area contributed by atoms with Gasteiger partial charge in [0.05, 0.1) is 11.3 Å². The highest BCUT2D eigenvalue weighted by Gasteiger charge is 2.22. The number of rotatable bonds is 4. The molecule has 0 N–H and O–H groups in total. The highest BCUT2D eigenvalue weighted by atomic mass is 32.2. The molecule has 1 saturated heterocycles. The molecule has 31 heavy (non-hydrogen) atoms. The van der Waals surface area contributed by atoms with Gasteiger partial charge < -0.3 is 4.90 Å². The van der Waals surface area contributed by atoms with Gasteiger partial charge in [-0.1, -0.05) is 54.6 Å². The van der Waals surface area contributed by atoms with Gasteiger partial charge in [0.15, 0.2) is 10.8 Å². The maximum absolute atomic E-state index is 12.8. The number of para-hydroxylation sites is 1. The monoisotopic (exact) mass is 431 g/mol. The van der Waals surface area contributed by atoms with Crippen LogP contribution in [-0.4, -0.2) is 49.2 Å². The largest absolute Gasteiger partial charge is 0.342 e. The Morgan fingerprint density at radius 2 is 2.03 bits per heavy atom. The van der Waals surface area contributed by atoms with Gasteiger partial charge in [0, 0.05) is 24.0 Å². The molecule has 1 amide bonds. The topological polar surface area (TPSA) is 63.4 Å². The molecule has 0 aliphatic carbocycles. The number of fused-ring (bicyclic) bond motifs is 3. The molecule has 6 nitrogen and oxygen atoms in total. The van der Waals surface area contributed by atoms with Crippen LogP contribution in [0.15, 0.2) is 53.7 Å². The van der Waals surface area contributed by atoms with Crippen molar-refractivity contribution in [1.29, 1.82) is 0 Å². The zero-order chi connectivity index (χ0) is 21.4. The fourth-order valence-electron chi connectivity index (χ4n) is 4.26. The Bertz CT molecular complexity index is 1270. The molecule has 158 valence electrons. The number of amides is 1. The lowest BCUT2D eigenvalue weighted by molar-refractivity contribution is -0.130. The molecule has 3 heterocycles. The van der Waals surface area contributed by atoms with Gasteiger partial charge in [-0.2, -0.15) is 0 Å². The summed E-state index contributed by atoms with van der Waals surface area (Å²) < 4.78 is 1.99. The summed E-state index contributed by atoms with van der Waals surface area (Å²) >= 11 is 1.44. The number of aromatic nitrogens is 4. The van der Waals surface area contributed by atoms with E-state index in [0.29, 0.717) is 16.8 Å². The minimum absolute atomic E-state index is 0.166. The van der Waals surface area contributed by atoms with Crippen LogP contribution < -0.4 is 0 Å². The molecule has 0 radical (unpaired) electrons. The van der Waals surface area contributed by atoms with Gasteiger partial charge in [-0.15, -0.1) is 10.2 Å². The van der Waals surface area contributed by atoms with Crippen molar-refractivity contribution in [2.75, 3.05) is 18.8 Å². The van der Waals surface area contributed by atoms with Gasteiger partial charge in [-0.3, -0.25) is 9.20 Å². The second-order valence-corrected chi connectivity index (χ2v) is 9.28. The molecule has 0 saturated carbocycles. The van der Waals surface area contributed by atoms with Crippen LogP contribution in [0.1, 0.15) is 25.3 Å². The SMILES string of the molecule is Cc1cccc(-c2nc3ccccc3c3nnc(SCC(=O)N4CCC[C@@H](C)C4)n23)c1. The summed E-state index contributed by atoms with van der Waals surface area (Å²) in [6.45, 7) is 5.98. The standard InChI is InChI=1S/C24H25N5OS/c1-16-7-5-9-18(13-16)22-25-20-11-4-3-10-19(20)23-26-27-24(29(22)23)31-15-21(30)28-12-6-8-17(2)14-28/h3-5,7,9-11,13,17H,6,8,12,14-15H2,1-2H3/t17-/m1/s1. The summed E-state index contributed by atoms with van der Waals surface area (Å²) in [6, 6.07) is 16.3. The third-order valence-electron chi connectivity index (χ3n) is 5.83. The molecule has 0 unspecified atom stereocenters. The van der Waals surface area contributed by atoms with Gasteiger partial charge in [-0.25, -0.2) is 4.98 Å². The molecule has 1 aliphatic heterocycles. The van der Waals surface area contributed by atoms with Crippen molar-refractivity contribution in [3.63, 3.8) is 0 Å². The van der Waals surface area contributed by atoms with Crippen molar-refractivity contribution >= 4 is 34.2 Å². The van der Waals surface area contributed by atoms with E-state index in [2.05, 4.69) is 42.2 Å². The fraction of sp³-hybridized carbons (Fsp3) is 0.333. The van der Waals surface area contributed by atoms with Gasteiger partial charge in [-0.05, 0) is 43.9 Å². The van der Waals surface area contributed by atoms with E-state index in [1.807, 2.05) is 39.6 Å². The summed E-state index contributed by atoms with van der Waals surface area (Å²) in [5.41, 5.74) is 3.82. The van der Waals surface area contributed by atoms with E-state index in [1.165, 1.54) is 18.2 Å². The maximum atomic E-state index is 12.8. The average Bonchev–Trinajstić information content (AvgIpc) is 3.21. The number of hydrogen-bond donors (Lipinski definition) is 0. The Balaban J connectivity index is 1.54. The van der Waals surface area contributed by atoms with Crippen LogP contribution >= 0.6 is 11.8 Å². The summed E-state index contributed by atoms with van der Waals surface area (Å²) in [5.74, 6) is 1.89. The molecule has 5 rings (SSSR count). The van der Waals surface area contributed by atoms with Gasteiger partial charge in [0.1, 0.15) is 5.82 Å². The van der Waals surface area contributed by atoms with Crippen molar-refractivity contribution in [3.05, 3.63) is 54.1 Å². The van der Waals surface area contributed by atoms with Gasteiger partial charge >= 0.3 is 0 Å². The number of aryl methyl sites for hydroxylation is 1. The predicted molar refractivity (Wildman–Crippen MR) is 124 cm³/mol. The molecule has 1 fully saturated rings. The zero-order valence-corrected chi connectivity index (χ0v) is 18.6. The Kier molecular flexibility index (Phi) is 5.36. The lowest BCUT2D eigenvalue weighted by Gasteiger charge is -2.30. The number of carbonyl (C=O) groups is 1. The van der Waals surface area contributed by atoms with Crippen LogP contribution in [0.2, 0.25) is 0 Å². The first-order valence-corrected chi connectivity index (χ1v) is 11.7. The van der Waals surface area contributed by atoms with Crippen LogP contribution in [0.25, 0.3) is 27.9 Å². The second kappa shape index (κ2) is 8.30. The smallest absolute Gasteiger partial charge is 0.233 e. The third-order valence-corrected chi connectivity index (χ3v) is 6.74. The molecular formula is C24H25N5OS.